The van der Waals surface area contributed by atoms with Crippen LogP contribution in [0, 0.1) is 13.8 Å². The van der Waals surface area contributed by atoms with Gasteiger partial charge in [-0.3, -0.25) is 0 Å². The van der Waals surface area contributed by atoms with Gasteiger partial charge < -0.3 is 5.11 Å². The van der Waals surface area contributed by atoms with E-state index in [4.69, 9.17) is 28.3 Å². The average Bonchev–Trinajstić information content (AvgIpc) is 1.99. The highest BCUT2D eigenvalue weighted by molar-refractivity contribution is 6.39. The van der Waals surface area contributed by atoms with Crippen LogP contribution in [0.15, 0.2) is 6.07 Å². The molecule has 0 unspecified atom stereocenters. The van der Waals surface area contributed by atoms with Gasteiger partial charge in [0.1, 0.15) is 0 Å². The van der Waals surface area contributed by atoms with E-state index in [1.807, 2.05) is 6.92 Å². The van der Waals surface area contributed by atoms with Crippen LogP contribution in [0.5, 0.6) is 0 Å². The van der Waals surface area contributed by atoms with Crippen molar-refractivity contribution in [2.75, 3.05) is 0 Å². The topological polar surface area (TPSA) is 37.3 Å². The lowest BCUT2D eigenvalue weighted by Gasteiger charge is -2.07. The third-order valence-corrected chi connectivity index (χ3v) is 2.71. The van der Waals surface area contributed by atoms with Gasteiger partial charge in [0, 0.05) is 0 Å². The van der Waals surface area contributed by atoms with Crippen molar-refractivity contribution in [3.8, 4) is 0 Å². The van der Waals surface area contributed by atoms with Crippen LogP contribution in [-0.2, 0) is 0 Å². The largest absolute Gasteiger partial charge is 0.478 e. The zero-order valence-corrected chi connectivity index (χ0v) is 8.70. The summed E-state index contributed by atoms with van der Waals surface area (Å²) in [6.07, 6.45) is 0. The Labute approximate surface area is 86.1 Å². The second-order valence-electron chi connectivity index (χ2n) is 2.79. The van der Waals surface area contributed by atoms with Crippen LogP contribution in [0.2, 0.25) is 10.0 Å². The molecule has 0 bridgehead atoms. The third kappa shape index (κ3) is 1.79. The molecule has 0 aromatic heterocycles. The first-order valence-electron chi connectivity index (χ1n) is 3.63. The molecule has 4 heteroatoms. The van der Waals surface area contributed by atoms with Crippen molar-refractivity contribution in [2.45, 2.75) is 13.8 Å². The van der Waals surface area contributed by atoms with Crippen LogP contribution in [-0.4, -0.2) is 11.1 Å². The van der Waals surface area contributed by atoms with Crippen LogP contribution in [0.4, 0.5) is 0 Å². The Balaban J connectivity index is 3.53. The number of carboxylic acids is 1. The van der Waals surface area contributed by atoms with E-state index in [1.54, 1.807) is 13.0 Å². The van der Waals surface area contributed by atoms with Crippen LogP contribution in [0.1, 0.15) is 21.5 Å². The van der Waals surface area contributed by atoms with Crippen molar-refractivity contribution in [1.29, 1.82) is 0 Å². The summed E-state index contributed by atoms with van der Waals surface area (Å²) < 4.78 is 0. The first-order valence-corrected chi connectivity index (χ1v) is 4.39. The number of hydrogen-bond acceptors (Lipinski definition) is 1. The van der Waals surface area contributed by atoms with Gasteiger partial charge >= 0.3 is 5.97 Å². The van der Waals surface area contributed by atoms with Gasteiger partial charge in [0.15, 0.2) is 0 Å². The summed E-state index contributed by atoms with van der Waals surface area (Å²) in [5.74, 6) is -1.10. The molecule has 1 aromatic rings. The fraction of sp³-hybridized carbons (Fsp3) is 0.222. The van der Waals surface area contributed by atoms with E-state index >= 15 is 0 Å². The predicted octanol–water partition coefficient (Wildman–Crippen LogP) is 3.31. The second-order valence-corrected chi connectivity index (χ2v) is 3.58. The SMILES string of the molecule is Cc1cc(Cl)c(C(=O)O)c(Cl)c1C. The number of benzene rings is 1. The number of hydrogen-bond donors (Lipinski definition) is 1. The summed E-state index contributed by atoms with van der Waals surface area (Å²) in [5, 5.41) is 9.19. The van der Waals surface area contributed by atoms with Gasteiger partial charge in [-0.15, -0.1) is 0 Å². The summed E-state index contributed by atoms with van der Waals surface area (Å²) in [4.78, 5) is 10.7. The van der Waals surface area contributed by atoms with Crippen LogP contribution in [0.25, 0.3) is 0 Å². The molecule has 0 aliphatic carbocycles. The maximum absolute atomic E-state index is 10.7. The van der Waals surface area contributed by atoms with Crippen LogP contribution in [0.3, 0.4) is 0 Å². The summed E-state index contributed by atoms with van der Waals surface area (Å²) in [5.41, 5.74) is 1.62. The first-order chi connectivity index (χ1) is 5.95. The number of aromatic carboxylic acids is 1. The maximum atomic E-state index is 10.7. The molecule has 0 spiro atoms. The predicted molar refractivity (Wildman–Crippen MR) is 52.9 cm³/mol. The lowest BCUT2D eigenvalue weighted by atomic mass is 10.1. The Morgan fingerprint density at radius 3 is 2.38 bits per heavy atom. The minimum atomic E-state index is -1.10. The number of rotatable bonds is 1. The van der Waals surface area contributed by atoms with Crippen molar-refractivity contribution < 1.29 is 9.90 Å². The lowest BCUT2D eigenvalue weighted by molar-refractivity contribution is 0.0697. The van der Waals surface area contributed by atoms with Crippen molar-refractivity contribution in [3.63, 3.8) is 0 Å². The molecule has 13 heavy (non-hydrogen) atoms. The fourth-order valence-electron chi connectivity index (χ4n) is 1.03. The van der Waals surface area contributed by atoms with Crippen molar-refractivity contribution in [1.82, 2.24) is 0 Å². The molecule has 2 nitrogen and oxygen atoms in total. The zero-order chi connectivity index (χ0) is 10.2. The molecule has 1 N–H and O–H groups in total. The molecular weight excluding hydrogens is 211 g/mol. The minimum absolute atomic E-state index is 0.0218. The number of carbonyl (C=O) groups is 1. The standard InChI is InChI=1S/C9H8Cl2O2/c1-4-3-6(10)7(9(12)13)8(11)5(4)2/h3H,1-2H3,(H,12,13). The van der Waals surface area contributed by atoms with Crippen LogP contribution < -0.4 is 0 Å². The van der Waals surface area contributed by atoms with Gasteiger partial charge in [0.25, 0.3) is 0 Å². The van der Waals surface area contributed by atoms with Gasteiger partial charge in [-0.1, -0.05) is 23.2 Å². The number of halogens is 2. The summed E-state index contributed by atoms with van der Waals surface area (Å²) in [7, 11) is 0. The number of aryl methyl sites for hydroxylation is 1. The molecule has 0 saturated heterocycles. The van der Waals surface area contributed by atoms with E-state index in [2.05, 4.69) is 0 Å². The van der Waals surface area contributed by atoms with Gasteiger partial charge in [-0.2, -0.15) is 0 Å². The van der Waals surface area contributed by atoms with E-state index in [1.165, 1.54) is 0 Å². The monoisotopic (exact) mass is 218 g/mol. The van der Waals surface area contributed by atoms with E-state index in [-0.39, 0.29) is 15.6 Å². The third-order valence-electron chi connectivity index (χ3n) is 1.94. The van der Waals surface area contributed by atoms with Crippen molar-refractivity contribution >= 4 is 29.2 Å². The lowest BCUT2D eigenvalue weighted by Crippen LogP contribution is -2.01. The first kappa shape index (κ1) is 10.4. The molecule has 1 rings (SSSR count). The quantitative estimate of drug-likeness (QED) is 0.786. The number of carboxylic acid groups (broad SMARTS) is 1. The molecule has 70 valence electrons. The van der Waals surface area contributed by atoms with Gasteiger partial charge in [0.2, 0.25) is 0 Å². The molecule has 0 saturated carbocycles. The van der Waals surface area contributed by atoms with E-state index < -0.39 is 5.97 Å². The Morgan fingerprint density at radius 1 is 1.38 bits per heavy atom. The summed E-state index contributed by atoms with van der Waals surface area (Å²) in [6, 6.07) is 1.60. The van der Waals surface area contributed by atoms with Gasteiger partial charge in [0.05, 0.1) is 15.6 Å². The highest BCUT2D eigenvalue weighted by Crippen LogP contribution is 2.30. The molecule has 0 fully saturated rings. The Morgan fingerprint density at radius 2 is 1.92 bits per heavy atom. The second kappa shape index (κ2) is 3.56. The smallest absolute Gasteiger partial charge is 0.338 e. The van der Waals surface area contributed by atoms with E-state index in [9.17, 15) is 4.79 Å². The Kier molecular flexibility index (Phi) is 2.84. The highest BCUT2D eigenvalue weighted by Gasteiger charge is 2.16. The molecule has 0 atom stereocenters. The fourth-order valence-corrected chi connectivity index (χ4v) is 1.75. The Bertz CT molecular complexity index is 372. The molecule has 0 aliphatic heterocycles. The van der Waals surface area contributed by atoms with Gasteiger partial charge in [-0.05, 0) is 31.0 Å². The van der Waals surface area contributed by atoms with E-state index in [0.717, 1.165) is 11.1 Å². The average molecular weight is 219 g/mol. The molecule has 0 amide bonds. The Hall–Kier alpha value is -0.730. The summed E-state index contributed by atoms with van der Waals surface area (Å²) >= 11 is 11.6. The normalized spacial score (nSPS) is 10.2. The minimum Gasteiger partial charge on any atom is -0.478 e. The molecule has 0 aliphatic rings. The van der Waals surface area contributed by atoms with Crippen LogP contribution >= 0.6 is 23.2 Å². The highest BCUT2D eigenvalue weighted by atomic mass is 35.5. The van der Waals surface area contributed by atoms with Crippen molar-refractivity contribution in [3.05, 3.63) is 32.8 Å². The maximum Gasteiger partial charge on any atom is 0.338 e. The van der Waals surface area contributed by atoms with Crippen molar-refractivity contribution in [2.24, 2.45) is 0 Å². The molecular formula is C9H8Cl2O2. The molecule has 1 aromatic carbocycles. The summed E-state index contributed by atoms with van der Waals surface area (Å²) in [6.45, 7) is 3.60. The van der Waals surface area contributed by atoms with E-state index in [0.29, 0.717) is 0 Å². The zero-order valence-electron chi connectivity index (χ0n) is 7.19. The molecule has 0 radical (unpaired) electrons. The molecule has 0 heterocycles. The van der Waals surface area contributed by atoms with Gasteiger partial charge in [-0.25, -0.2) is 4.79 Å².